The fourth-order valence-electron chi connectivity index (χ4n) is 2.08. The van der Waals surface area contributed by atoms with Crippen molar-refractivity contribution in [2.45, 2.75) is 6.42 Å². The lowest BCUT2D eigenvalue weighted by Gasteiger charge is -1.99. The molecular formula is C17H13NO2S. The average Bonchev–Trinajstić information content (AvgIpc) is 2.97. The number of rotatable bonds is 4. The van der Waals surface area contributed by atoms with Crippen LogP contribution in [0.15, 0.2) is 60.0 Å². The van der Waals surface area contributed by atoms with E-state index >= 15 is 0 Å². The molecule has 1 heterocycles. The van der Waals surface area contributed by atoms with Gasteiger partial charge < -0.3 is 5.11 Å². The van der Waals surface area contributed by atoms with Crippen LogP contribution in [0.5, 0.6) is 0 Å². The Morgan fingerprint density at radius 3 is 2.43 bits per heavy atom. The number of hydrogen-bond donors (Lipinski definition) is 1. The van der Waals surface area contributed by atoms with Gasteiger partial charge in [-0.3, -0.25) is 0 Å². The molecule has 0 fully saturated rings. The highest BCUT2D eigenvalue weighted by molar-refractivity contribution is 7.10. The van der Waals surface area contributed by atoms with Crippen LogP contribution in [0.3, 0.4) is 0 Å². The van der Waals surface area contributed by atoms with Gasteiger partial charge in [0.05, 0.1) is 16.3 Å². The highest BCUT2D eigenvalue weighted by atomic mass is 32.1. The van der Waals surface area contributed by atoms with Crippen molar-refractivity contribution in [3.8, 4) is 11.3 Å². The topological polar surface area (TPSA) is 50.2 Å². The normalized spacial score (nSPS) is 10.5. The molecule has 0 aliphatic carbocycles. The number of carboxylic acid groups (broad SMARTS) is 1. The SMILES string of the molecule is O=C(O)c1ccc(-c2csc(Cc3ccccc3)n2)cc1. The van der Waals surface area contributed by atoms with Gasteiger partial charge in [0.15, 0.2) is 0 Å². The van der Waals surface area contributed by atoms with Gasteiger partial charge in [0.1, 0.15) is 0 Å². The van der Waals surface area contributed by atoms with E-state index in [4.69, 9.17) is 5.11 Å². The van der Waals surface area contributed by atoms with Gasteiger partial charge >= 0.3 is 5.97 Å². The molecular weight excluding hydrogens is 282 g/mol. The molecule has 0 saturated carbocycles. The Morgan fingerprint density at radius 1 is 1.05 bits per heavy atom. The standard InChI is InChI=1S/C17H13NO2S/c19-17(20)14-8-6-13(7-9-14)15-11-21-16(18-15)10-12-4-2-1-3-5-12/h1-9,11H,10H2,(H,19,20). The average molecular weight is 295 g/mol. The minimum absolute atomic E-state index is 0.290. The molecule has 0 aliphatic heterocycles. The molecule has 4 heteroatoms. The van der Waals surface area contributed by atoms with Crippen molar-refractivity contribution in [3.05, 3.63) is 76.1 Å². The first-order valence-corrected chi connectivity index (χ1v) is 7.42. The minimum atomic E-state index is -0.912. The minimum Gasteiger partial charge on any atom is -0.478 e. The van der Waals surface area contributed by atoms with Crippen LogP contribution in [0.4, 0.5) is 0 Å². The molecule has 1 aromatic heterocycles. The predicted molar refractivity (Wildman–Crippen MR) is 83.8 cm³/mol. The maximum absolute atomic E-state index is 10.8. The maximum atomic E-state index is 10.8. The zero-order valence-corrected chi connectivity index (χ0v) is 12.0. The quantitative estimate of drug-likeness (QED) is 0.788. The lowest BCUT2D eigenvalue weighted by molar-refractivity contribution is 0.0697. The van der Waals surface area contributed by atoms with E-state index < -0.39 is 5.97 Å². The van der Waals surface area contributed by atoms with Crippen LogP contribution < -0.4 is 0 Å². The highest BCUT2D eigenvalue weighted by Crippen LogP contribution is 2.23. The van der Waals surface area contributed by atoms with Gasteiger partial charge in [-0.25, -0.2) is 9.78 Å². The molecule has 3 aromatic rings. The van der Waals surface area contributed by atoms with Gasteiger partial charge in [-0.15, -0.1) is 11.3 Å². The number of hydrogen-bond acceptors (Lipinski definition) is 3. The van der Waals surface area contributed by atoms with Crippen LogP contribution in [0.25, 0.3) is 11.3 Å². The monoisotopic (exact) mass is 295 g/mol. The Hall–Kier alpha value is -2.46. The molecule has 0 bridgehead atoms. The number of thiazole rings is 1. The van der Waals surface area contributed by atoms with E-state index in [1.165, 1.54) is 5.56 Å². The molecule has 1 N–H and O–H groups in total. The van der Waals surface area contributed by atoms with Crippen LogP contribution >= 0.6 is 11.3 Å². The summed E-state index contributed by atoms with van der Waals surface area (Å²) in [6, 6.07) is 17.0. The van der Waals surface area contributed by atoms with Gasteiger partial charge in [-0.2, -0.15) is 0 Å². The van der Waals surface area contributed by atoms with Crippen molar-refractivity contribution in [3.63, 3.8) is 0 Å². The Bertz CT molecular complexity index is 748. The van der Waals surface area contributed by atoms with Crippen LogP contribution in [-0.4, -0.2) is 16.1 Å². The van der Waals surface area contributed by atoms with Crippen LogP contribution in [0, 0.1) is 0 Å². The summed E-state index contributed by atoms with van der Waals surface area (Å²) in [4.78, 5) is 15.5. The Morgan fingerprint density at radius 2 is 1.76 bits per heavy atom. The zero-order valence-electron chi connectivity index (χ0n) is 11.2. The number of benzene rings is 2. The number of carboxylic acids is 1. The molecule has 0 spiro atoms. The summed E-state index contributed by atoms with van der Waals surface area (Å²) in [5, 5.41) is 12.0. The lowest BCUT2D eigenvalue weighted by atomic mass is 10.1. The first kappa shape index (κ1) is 13.5. The predicted octanol–water partition coefficient (Wildman–Crippen LogP) is 4.10. The van der Waals surface area contributed by atoms with Crippen molar-refractivity contribution >= 4 is 17.3 Å². The number of carbonyl (C=O) groups is 1. The zero-order chi connectivity index (χ0) is 14.7. The summed E-state index contributed by atoms with van der Waals surface area (Å²) in [6.45, 7) is 0. The molecule has 104 valence electrons. The fourth-order valence-corrected chi connectivity index (χ4v) is 2.92. The van der Waals surface area contributed by atoms with Gasteiger partial charge in [0.2, 0.25) is 0 Å². The van der Waals surface area contributed by atoms with E-state index in [0.29, 0.717) is 5.56 Å². The van der Waals surface area contributed by atoms with Gasteiger partial charge in [0.25, 0.3) is 0 Å². The molecule has 2 aromatic carbocycles. The first-order chi connectivity index (χ1) is 10.2. The highest BCUT2D eigenvalue weighted by Gasteiger charge is 2.07. The van der Waals surface area contributed by atoms with E-state index in [1.54, 1.807) is 35.6 Å². The smallest absolute Gasteiger partial charge is 0.335 e. The molecule has 0 atom stereocenters. The third kappa shape index (κ3) is 3.17. The van der Waals surface area contributed by atoms with E-state index in [-0.39, 0.29) is 0 Å². The number of nitrogens with zero attached hydrogens (tertiary/aromatic N) is 1. The second-order valence-corrected chi connectivity index (χ2v) is 5.61. The molecule has 0 saturated heterocycles. The summed E-state index contributed by atoms with van der Waals surface area (Å²) in [7, 11) is 0. The van der Waals surface area contributed by atoms with Crippen molar-refractivity contribution in [2.75, 3.05) is 0 Å². The maximum Gasteiger partial charge on any atom is 0.335 e. The van der Waals surface area contributed by atoms with Crippen molar-refractivity contribution in [1.82, 2.24) is 4.98 Å². The van der Waals surface area contributed by atoms with Crippen LogP contribution in [0.2, 0.25) is 0 Å². The second-order valence-electron chi connectivity index (χ2n) is 4.67. The second kappa shape index (κ2) is 5.89. The summed E-state index contributed by atoms with van der Waals surface area (Å²) in [5.74, 6) is -0.912. The molecule has 0 unspecified atom stereocenters. The molecule has 3 rings (SSSR count). The van der Waals surface area contributed by atoms with E-state index in [9.17, 15) is 4.79 Å². The Balaban J connectivity index is 1.80. The van der Waals surface area contributed by atoms with E-state index in [2.05, 4.69) is 17.1 Å². The largest absolute Gasteiger partial charge is 0.478 e. The van der Waals surface area contributed by atoms with E-state index in [0.717, 1.165) is 22.7 Å². The van der Waals surface area contributed by atoms with Gasteiger partial charge in [-0.1, -0.05) is 42.5 Å². The fraction of sp³-hybridized carbons (Fsp3) is 0.0588. The number of aromatic nitrogens is 1. The van der Waals surface area contributed by atoms with Crippen molar-refractivity contribution in [2.24, 2.45) is 0 Å². The molecule has 0 radical (unpaired) electrons. The molecule has 21 heavy (non-hydrogen) atoms. The van der Waals surface area contributed by atoms with Crippen LogP contribution in [-0.2, 0) is 6.42 Å². The summed E-state index contributed by atoms with van der Waals surface area (Å²) in [6.07, 6.45) is 0.818. The van der Waals surface area contributed by atoms with Gasteiger partial charge in [-0.05, 0) is 17.7 Å². The Kier molecular flexibility index (Phi) is 3.79. The molecule has 0 aliphatic rings. The summed E-state index contributed by atoms with van der Waals surface area (Å²) < 4.78 is 0. The molecule has 3 nitrogen and oxygen atoms in total. The third-order valence-corrected chi connectivity index (χ3v) is 4.03. The van der Waals surface area contributed by atoms with Gasteiger partial charge in [0, 0.05) is 17.4 Å². The van der Waals surface area contributed by atoms with E-state index in [1.807, 2.05) is 23.6 Å². The summed E-state index contributed by atoms with van der Waals surface area (Å²) >= 11 is 1.62. The van der Waals surface area contributed by atoms with Crippen LogP contribution in [0.1, 0.15) is 20.9 Å². The van der Waals surface area contributed by atoms with Crippen molar-refractivity contribution < 1.29 is 9.90 Å². The summed E-state index contributed by atoms with van der Waals surface area (Å²) in [5.41, 5.74) is 3.36. The third-order valence-electron chi connectivity index (χ3n) is 3.18. The molecule has 0 amide bonds. The first-order valence-electron chi connectivity index (χ1n) is 6.54. The van der Waals surface area contributed by atoms with Crippen molar-refractivity contribution in [1.29, 1.82) is 0 Å². The Labute approximate surface area is 126 Å². The lowest BCUT2D eigenvalue weighted by Crippen LogP contribution is -1.95. The number of aromatic carboxylic acids is 1.